The van der Waals surface area contributed by atoms with Gasteiger partial charge in [-0.2, -0.15) is 13.2 Å². The SMILES string of the molecule is CC(F)(c1ccc2c(c1)CC[C@H]1N(C(=O)NC3CS(=O)(=O)CC3O)CC[C@@]21Cc1ccc(F)cc1)C(F)(F)F. The highest BCUT2D eigenvalue weighted by molar-refractivity contribution is 7.91. The fraction of sp³-hybridized carbons (Fsp3) is 0.519. The molecule has 2 heterocycles. The highest BCUT2D eigenvalue weighted by atomic mass is 32.2. The van der Waals surface area contributed by atoms with Crippen LogP contribution in [0.2, 0.25) is 0 Å². The van der Waals surface area contributed by atoms with E-state index in [1.54, 1.807) is 17.0 Å². The summed E-state index contributed by atoms with van der Waals surface area (Å²) in [4.78, 5) is 14.9. The molecule has 2 aromatic rings. The van der Waals surface area contributed by atoms with Crippen molar-refractivity contribution in [3.8, 4) is 0 Å². The van der Waals surface area contributed by atoms with Crippen molar-refractivity contribution < 1.29 is 40.3 Å². The van der Waals surface area contributed by atoms with E-state index in [2.05, 4.69) is 5.32 Å². The maximum absolute atomic E-state index is 14.8. The maximum atomic E-state index is 14.8. The normalized spacial score (nSPS) is 29.4. The Morgan fingerprint density at radius 2 is 1.82 bits per heavy atom. The van der Waals surface area contributed by atoms with Crippen LogP contribution in [0.1, 0.15) is 42.0 Å². The summed E-state index contributed by atoms with van der Waals surface area (Å²) in [5.74, 6) is -1.23. The third kappa shape index (κ3) is 4.90. The molecular formula is C27H29F5N2O4S. The van der Waals surface area contributed by atoms with E-state index in [0.717, 1.165) is 11.6 Å². The van der Waals surface area contributed by atoms with Crippen LogP contribution >= 0.6 is 0 Å². The van der Waals surface area contributed by atoms with Crippen molar-refractivity contribution in [2.45, 2.75) is 68.1 Å². The molecular weight excluding hydrogens is 543 g/mol. The summed E-state index contributed by atoms with van der Waals surface area (Å²) in [5, 5.41) is 12.8. The first-order valence-corrected chi connectivity index (χ1v) is 14.5. The maximum Gasteiger partial charge on any atom is 0.426 e. The van der Waals surface area contributed by atoms with E-state index >= 15 is 0 Å². The number of aliphatic hydroxyl groups excluding tert-OH is 1. The van der Waals surface area contributed by atoms with E-state index in [9.17, 15) is 40.3 Å². The number of sulfone groups is 1. The Morgan fingerprint density at radius 1 is 1.13 bits per heavy atom. The van der Waals surface area contributed by atoms with Gasteiger partial charge in [-0.3, -0.25) is 0 Å². The fourth-order valence-electron chi connectivity index (χ4n) is 6.44. The monoisotopic (exact) mass is 572 g/mol. The summed E-state index contributed by atoms with van der Waals surface area (Å²) in [7, 11) is -3.48. The summed E-state index contributed by atoms with van der Waals surface area (Å²) in [6.45, 7) is 0.770. The number of aliphatic hydroxyl groups is 1. The van der Waals surface area contributed by atoms with E-state index in [4.69, 9.17) is 0 Å². The molecule has 6 nitrogen and oxygen atoms in total. The number of hydrogen-bond acceptors (Lipinski definition) is 4. The average molecular weight is 573 g/mol. The van der Waals surface area contributed by atoms with Crippen molar-refractivity contribution in [1.29, 1.82) is 0 Å². The number of nitrogens with one attached hydrogen (secondary N) is 1. The summed E-state index contributed by atoms with van der Waals surface area (Å²) >= 11 is 0. The van der Waals surface area contributed by atoms with Gasteiger partial charge < -0.3 is 15.3 Å². The number of urea groups is 1. The molecule has 3 aliphatic rings. The minimum atomic E-state index is -5.09. The lowest BCUT2D eigenvalue weighted by molar-refractivity contribution is -0.228. The number of halogens is 5. The third-order valence-corrected chi connectivity index (χ3v) is 10.3. The Bertz CT molecular complexity index is 1380. The number of alkyl halides is 4. The lowest BCUT2D eigenvalue weighted by atomic mass is 9.63. The number of aryl methyl sites for hydroxylation is 1. The zero-order valence-electron chi connectivity index (χ0n) is 21.1. The van der Waals surface area contributed by atoms with Gasteiger partial charge in [0.2, 0.25) is 5.67 Å². The Balaban J connectivity index is 1.50. The van der Waals surface area contributed by atoms with Crippen LogP contribution in [0.3, 0.4) is 0 Å². The van der Waals surface area contributed by atoms with Gasteiger partial charge >= 0.3 is 12.2 Å². The predicted molar refractivity (Wildman–Crippen MR) is 133 cm³/mol. The van der Waals surface area contributed by atoms with E-state index in [1.165, 1.54) is 24.3 Å². The second-order valence-corrected chi connectivity index (χ2v) is 13.2. The Morgan fingerprint density at radius 3 is 2.44 bits per heavy atom. The van der Waals surface area contributed by atoms with Gasteiger partial charge in [-0.1, -0.05) is 30.3 Å². The molecule has 2 fully saturated rings. The molecule has 5 atom stereocenters. The summed E-state index contributed by atoms with van der Waals surface area (Å²) in [6, 6.07) is 7.89. The van der Waals surface area contributed by atoms with E-state index in [0.29, 0.717) is 43.7 Å². The van der Waals surface area contributed by atoms with Crippen molar-refractivity contribution >= 4 is 15.9 Å². The third-order valence-electron chi connectivity index (χ3n) is 8.54. The first-order chi connectivity index (χ1) is 18.1. The van der Waals surface area contributed by atoms with Crippen LogP contribution < -0.4 is 5.32 Å². The van der Waals surface area contributed by atoms with Crippen LogP contribution in [0.4, 0.5) is 26.7 Å². The number of carbonyl (C=O) groups excluding carboxylic acids is 1. The quantitative estimate of drug-likeness (QED) is 0.544. The van der Waals surface area contributed by atoms with Crippen molar-refractivity contribution in [2.75, 3.05) is 18.1 Å². The number of fused-ring (bicyclic) bond motifs is 3. The zero-order valence-corrected chi connectivity index (χ0v) is 22.0. The smallest absolute Gasteiger partial charge is 0.390 e. The van der Waals surface area contributed by atoms with Crippen molar-refractivity contribution in [3.05, 3.63) is 70.5 Å². The predicted octanol–water partition coefficient (Wildman–Crippen LogP) is 3.94. The Kier molecular flexibility index (Phi) is 6.73. The molecule has 2 aromatic carbocycles. The van der Waals surface area contributed by atoms with Crippen LogP contribution in [-0.4, -0.2) is 66.9 Å². The first kappa shape index (κ1) is 27.8. The van der Waals surface area contributed by atoms with Crippen molar-refractivity contribution in [2.24, 2.45) is 0 Å². The molecule has 2 aliphatic heterocycles. The van der Waals surface area contributed by atoms with Gasteiger partial charge in [0.25, 0.3) is 0 Å². The summed E-state index contributed by atoms with van der Waals surface area (Å²) < 4.78 is 92.5. The van der Waals surface area contributed by atoms with Gasteiger partial charge in [0.1, 0.15) is 5.82 Å². The minimum Gasteiger partial charge on any atom is -0.390 e. The molecule has 0 spiro atoms. The van der Waals surface area contributed by atoms with Gasteiger partial charge in [-0.15, -0.1) is 0 Å². The molecule has 5 rings (SSSR count). The Labute approximate surface area is 223 Å². The molecule has 12 heteroatoms. The van der Waals surface area contributed by atoms with Gasteiger partial charge in [-0.05, 0) is 67.0 Å². The summed E-state index contributed by atoms with van der Waals surface area (Å²) in [6.07, 6.45) is -4.83. The van der Waals surface area contributed by atoms with Gasteiger partial charge in [0, 0.05) is 18.0 Å². The second kappa shape index (κ2) is 9.43. The van der Waals surface area contributed by atoms with Crippen LogP contribution in [0, 0.1) is 5.82 Å². The van der Waals surface area contributed by atoms with Gasteiger partial charge in [0.15, 0.2) is 9.84 Å². The zero-order chi connectivity index (χ0) is 28.4. The number of hydrogen-bond donors (Lipinski definition) is 2. The number of rotatable bonds is 4. The highest BCUT2D eigenvalue weighted by Gasteiger charge is 2.56. The van der Waals surface area contributed by atoms with Crippen LogP contribution in [0.25, 0.3) is 0 Å². The van der Waals surface area contributed by atoms with Crippen molar-refractivity contribution in [3.63, 3.8) is 0 Å². The molecule has 212 valence electrons. The topological polar surface area (TPSA) is 86.7 Å². The van der Waals surface area contributed by atoms with E-state index in [1.807, 2.05) is 0 Å². The van der Waals surface area contributed by atoms with E-state index in [-0.39, 0.29) is 12.3 Å². The average Bonchev–Trinajstić information content (AvgIpc) is 3.35. The largest absolute Gasteiger partial charge is 0.426 e. The number of carbonyl (C=O) groups is 1. The molecule has 0 bridgehead atoms. The molecule has 0 aromatic heterocycles. The number of amides is 2. The number of likely N-dealkylation sites (tertiary alicyclic amines) is 1. The molecule has 1 aliphatic carbocycles. The van der Waals surface area contributed by atoms with Gasteiger partial charge in [0.05, 0.1) is 23.7 Å². The minimum absolute atomic E-state index is 0.276. The van der Waals surface area contributed by atoms with Crippen LogP contribution in [0.15, 0.2) is 42.5 Å². The number of benzene rings is 2. The second-order valence-electron chi connectivity index (χ2n) is 11.0. The molecule has 39 heavy (non-hydrogen) atoms. The Hall–Kier alpha value is -2.73. The van der Waals surface area contributed by atoms with Crippen LogP contribution in [0.5, 0.6) is 0 Å². The lowest BCUT2D eigenvalue weighted by Crippen LogP contribution is -2.54. The van der Waals surface area contributed by atoms with Crippen LogP contribution in [-0.2, 0) is 33.8 Å². The summed E-state index contributed by atoms with van der Waals surface area (Å²) in [5.41, 5.74) is -2.72. The molecule has 3 unspecified atom stereocenters. The molecule has 2 amide bonds. The van der Waals surface area contributed by atoms with Crippen molar-refractivity contribution in [1.82, 2.24) is 10.2 Å². The standard InChI is InChI=1S/C27H29F5N2O4S/c1-25(29,27(30,31)32)18-5-8-20-17(12-18)4-9-23-26(20,13-16-2-6-19(28)7-3-16)10-11-34(23)24(36)33-21-14-39(37,38)15-22(21)35/h2-3,5-8,12,21-23,35H,4,9-11,13-15H2,1H3,(H,33,36)/t21?,22?,23-,25?,26-/m1/s1. The first-order valence-electron chi connectivity index (χ1n) is 12.7. The molecule has 2 saturated heterocycles. The molecule has 2 N–H and O–H groups in total. The highest BCUT2D eigenvalue weighted by Crippen LogP contribution is 2.51. The molecule has 0 radical (unpaired) electrons. The fourth-order valence-corrected chi connectivity index (χ4v) is 8.18. The van der Waals surface area contributed by atoms with E-state index < -0.39 is 68.4 Å². The lowest BCUT2D eigenvalue weighted by Gasteiger charge is -2.44. The number of nitrogens with zero attached hydrogens (tertiary/aromatic N) is 1. The molecule has 0 saturated carbocycles. The van der Waals surface area contributed by atoms with Gasteiger partial charge in [-0.25, -0.2) is 22.0 Å².